The quantitative estimate of drug-likeness (QED) is 0.787. The molecule has 0 aliphatic carbocycles. The molecule has 0 saturated carbocycles. The van der Waals surface area contributed by atoms with Crippen molar-refractivity contribution < 1.29 is 4.52 Å². The van der Waals surface area contributed by atoms with E-state index in [0.717, 1.165) is 15.6 Å². The van der Waals surface area contributed by atoms with Crippen LogP contribution < -0.4 is 5.73 Å². The van der Waals surface area contributed by atoms with Crippen molar-refractivity contribution in [3.63, 3.8) is 0 Å². The molecule has 0 spiro atoms. The summed E-state index contributed by atoms with van der Waals surface area (Å²) in [5.41, 5.74) is 8.22. The molecule has 3 rings (SSSR count). The van der Waals surface area contributed by atoms with Gasteiger partial charge in [-0.1, -0.05) is 63.6 Å². The lowest BCUT2D eigenvalue weighted by atomic mass is 10.1. The average Bonchev–Trinajstić information content (AvgIpc) is 2.98. The van der Waals surface area contributed by atoms with E-state index in [4.69, 9.17) is 10.3 Å². The van der Waals surface area contributed by atoms with Gasteiger partial charge in [0.1, 0.15) is 6.04 Å². The topological polar surface area (TPSA) is 64.9 Å². The first kappa shape index (κ1) is 14.0. The van der Waals surface area contributed by atoms with Crippen molar-refractivity contribution >= 4 is 15.9 Å². The standard InChI is InChI=1S/C16H14BrN3O/c17-13-8-6-11(7-9-13)10-14-19-16(21-20-14)15(18)12-4-2-1-3-5-12/h1-9,15H,10,18H2/t15-/m1/s1. The Balaban J connectivity index is 1.75. The van der Waals surface area contributed by atoms with Gasteiger partial charge in [0.25, 0.3) is 0 Å². The lowest BCUT2D eigenvalue weighted by Gasteiger charge is -2.05. The summed E-state index contributed by atoms with van der Waals surface area (Å²) in [5.74, 6) is 1.08. The van der Waals surface area contributed by atoms with Crippen molar-refractivity contribution in [1.29, 1.82) is 0 Å². The molecular formula is C16H14BrN3O. The van der Waals surface area contributed by atoms with Gasteiger partial charge in [0.2, 0.25) is 5.89 Å². The SMILES string of the molecule is N[C@H](c1ccccc1)c1nc(Cc2ccc(Br)cc2)no1. The van der Waals surface area contributed by atoms with Gasteiger partial charge in [-0.3, -0.25) is 0 Å². The number of halogens is 1. The van der Waals surface area contributed by atoms with Crippen LogP contribution in [0.2, 0.25) is 0 Å². The molecule has 2 aromatic carbocycles. The highest BCUT2D eigenvalue weighted by Crippen LogP contribution is 2.18. The molecule has 0 fully saturated rings. The Morgan fingerprint density at radius 2 is 1.76 bits per heavy atom. The molecule has 3 aromatic rings. The van der Waals surface area contributed by atoms with Crippen LogP contribution in [-0.4, -0.2) is 10.1 Å². The zero-order valence-corrected chi connectivity index (χ0v) is 12.8. The molecule has 106 valence electrons. The van der Waals surface area contributed by atoms with Crippen molar-refractivity contribution in [2.24, 2.45) is 5.73 Å². The monoisotopic (exact) mass is 343 g/mol. The molecule has 0 aliphatic heterocycles. The third-order valence-electron chi connectivity index (χ3n) is 3.18. The normalized spacial score (nSPS) is 12.3. The molecule has 5 heteroatoms. The highest BCUT2D eigenvalue weighted by Gasteiger charge is 2.16. The molecule has 0 radical (unpaired) electrons. The number of hydrogen-bond acceptors (Lipinski definition) is 4. The van der Waals surface area contributed by atoms with Gasteiger partial charge < -0.3 is 10.3 Å². The molecule has 2 N–H and O–H groups in total. The first-order valence-corrected chi connectivity index (χ1v) is 7.39. The summed E-state index contributed by atoms with van der Waals surface area (Å²) in [6.45, 7) is 0. The van der Waals surface area contributed by atoms with Crippen LogP contribution in [0.15, 0.2) is 63.6 Å². The Labute approximate surface area is 131 Å². The number of rotatable bonds is 4. The van der Waals surface area contributed by atoms with E-state index >= 15 is 0 Å². The molecule has 1 aromatic heterocycles. The molecule has 0 saturated heterocycles. The maximum absolute atomic E-state index is 6.14. The minimum absolute atomic E-state index is 0.391. The first-order valence-electron chi connectivity index (χ1n) is 6.60. The molecule has 0 unspecified atom stereocenters. The lowest BCUT2D eigenvalue weighted by Crippen LogP contribution is -2.12. The van der Waals surface area contributed by atoms with E-state index in [-0.39, 0.29) is 0 Å². The average molecular weight is 344 g/mol. The Kier molecular flexibility index (Phi) is 4.13. The highest BCUT2D eigenvalue weighted by atomic mass is 79.9. The number of nitrogens with zero attached hydrogens (tertiary/aromatic N) is 2. The molecule has 21 heavy (non-hydrogen) atoms. The second-order valence-corrected chi connectivity index (χ2v) is 5.66. The molecule has 0 amide bonds. The predicted molar refractivity (Wildman–Crippen MR) is 83.7 cm³/mol. The Morgan fingerprint density at radius 1 is 1.05 bits per heavy atom. The first-order chi connectivity index (χ1) is 10.2. The minimum Gasteiger partial charge on any atom is -0.337 e. The van der Waals surface area contributed by atoms with Gasteiger partial charge in [0, 0.05) is 10.9 Å². The summed E-state index contributed by atoms with van der Waals surface area (Å²) in [7, 11) is 0. The number of aromatic nitrogens is 2. The number of nitrogens with two attached hydrogens (primary N) is 1. The van der Waals surface area contributed by atoms with E-state index in [1.807, 2.05) is 54.6 Å². The maximum Gasteiger partial charge on any atom is 0.248 e. The van der Waals surface area contributed by atoms with Crippen molar-refractivity contribution in [3.8, 4) is 0 Å². The van der Waals surface area contributed by atoms with Crippen LogP contribution in [0.4, 0.5) is 0 Å². The van der Waals surface area contributed by atoms with Crippen LogP contribution in [0.5, 0.6) is 0 Å². The zero-order valence-electron chi connectivity index (χ0n) is 11.2. The second-order valence-electron chi connectivity index (χ2n) is 4.74. The van der Waals surface area contributed by atoms with Gasteiger partial charge in [-0.2, -0.15) is 4.98 Å². The fourth-order valence-corrected chi connectivity index (χ4v) is 2.32. The van der Waals surface area contributed by atoms with Crippen LogP contribution in [0.25, 0.3) is 0 Å². The smallest absolute Gasteiger partial charge is 0.248 e. The summed E-state index contributed by atoms with van der Waals surface area (Å²) >= 11 is 3.41. The fraction of sp³-hybridized carbons (Fsp3) is 0.125. The van der Waals surface area contributed by atoms with Gasteiger partial charge in [0.05, 0.1) is 0 Å². The van der Waals surface area contributed by atoms with E-state index in [9.17, 15) is 0 Å². The summed E-state index contributed by atoms with van der Waals surface area (Å²) < 4.78 is 6.33. The third kappa shape index (κ3) is 3.37. The summed E-state index contributed by atoms with van der Waals surface area (Å²) in [5, 5.41) is 4.00. The van der Waals surface area contributed by atoms with Gasteiger partial charge in [-0.25, -0.2) is 0 Å². The highest BCUT2D eigenvalue weighted by molar-refractivity contribution is 9.10. The Morgan fingerprint density at radius 3 is 2.48 bits per heavy atom. The van der Waals surface area contributed by atoms with Crippen LogP contribution in [0.3, 0.4) is 0 Å². The van der Waals surface area contributed by atoms with Crippen LogP contribution in [0.1, 0.15) is 28.9 Å². The lowest BCUT2D eigenvalue weighted by molar-refractivity contribution is 0.363. The van der Waals surface area contributed by atoms with Crippen molar-refractivity contribution in [3.05, 3.63) is 81.9 Å². The van der Waals surface area contributed by atoms with Crippen LogP contribution in [0, 0.1) is 0 Å². The van der Waals surface area contributed by atoms with E-state index in [0.29, 0.717) is 18.1 Å². The van der Waals surface area contributed by atoms with Gasteiger partial charge in [-0.15, -0.1) is 0 Å². The number of benzene rings is 2. The van der Waals surface area contributed by atoms with Gasteiger partial charge in [-0.05, 0) is 23.3 Å². The van der Waals surface area contributed by atoms with Gasteiger partial charge >= 0.3 is 0 Å². The zero-order chi connectivity index (χ0) is 14.7. The molecule has 0 bridgehead atoms. The second kappa shape index (κ2) is 6.20. The molecule has 1 atom stereocenters. The number of hydrogen-bond donors (Lipinski definition) is 1. The molecule has 0 aliphatic rings. The largest absolute Gasteiger partial charge is 0.337 e. The molecule has 1 heterocycles. The van der Waals surface area contributed by atoms with E-state index in [1.54, 1.807) is 0 Å². The van der Waals surface area contributed by atoms with Crippen molar-refractivity contribution in [1.82, 2.24) is 10.1 Å². The minimum atomic E-state index is -0.391. The fourth-order valence-electron chi connectivity index (χ4n) is 2.05. The summed E-state index contributed by atoms with van der Waals surface area (Å²) in [4.78, 5) is 4.39. The third-order valence-corrected chi connectivity index (χ3v) is 3.71. The van der Waals surface area contributed by atoms with Crippen molar-refractivity contribution in [2.45, 2.75) is 12.5 Å². The van der Waals surface area contributed by atoms with E-state index < -0.39 is 6.04 Å². The van der Waals surface area contributed by atoms with Gasteiger partial charge in [0.15, 0.2) is 5.82 Å². The van der Waals surface area contributed by atoms with E-state index in [1.165, 1.54) is 0 Å². The maximum atomic E-state index is 6.14. The summed E-state index contributed by atoms with van der Waals surface area (Å²) in [6.07, 6.45) is 0.623. The van der Waals surface area contributed by atoms with Crippen molar-refractivity contribution in [2.75, 3.05) is 0 Å². The van der Waals surface area contributed by atoms with Crippen LogP contribution >= 0.6 is 15.9 Å². The predicted octanol–water partition coefficient (Wildman–Crippen LogP) is 3.47. The Hall–Kier alpha value is -1.98. The molecule has 4 nitrogen and oxygen atoms in total. The molecular weight excluding hydrogens is 330 g/mol. The van der Waals surface area contributed by atoms with Crippen LogP contribution in [-0.2, 0) is 6.42 Å². The Bertz CT molecular complexity index is 710. The summed E-state index contributed by atoms with van der Waals surface area (Å²) in [6, 6.07) is 17.4. The van der Waals surface area contributed by atoms with E-state index in [2.05, 4.69) is 26.1 Å².